The van der Waals surface area contributed by atoms with Gasteiger partial charge in [-0.2, -0.15) is 0 Å². The SMILES string of the molecule is Cc1ccc(C(=O)Nc2ccccc2C(=O)N[C@H](C(=O)NNC(=O)c2ccccc2)C(C)C)cc1. The number of carbonyl (C=O) groups is 4. The molecule has 0 saturated carbocycles. The van der Waals surface area contributed by atoms with Crippen molar-refractivity contribution in [1.82, 2.24) is 16.2 Å². The third-order valence-electron chi connectivity index (χ3n) is 5.30. The van der Waals surface area contributed by atoms with Crippen LogP contribution >= 0.6 is 0 Å². The lowest BCUT2D eigenvalue weighted by Gasteiger charge is -2.22. The molecule has 35 heavy (non-hydrogen) atoms. The van der Waals surface area contributed by atoms with Gasteiger partial charge in [0.2, 0.25) is 0 Å². The molecule has 0 aromatic heterocycles. The molecule has 0 aliphatic carbocycles. The van der Waals surface area contributed by atoms with E-state index in [9.17, 15) is 19.2 Å². The second kappa shape index (κ2) is 11.6. The minimum Gasteiger partial charge on any atom is -0.340 e. The van der Waals surface area contributed by atoms with Gasteiger partial charge in [0, 0.05) is 11.1 Å². The molecule has 180 valence electrons. The third-order valence-corrected chi connectivity index (χ3v) is 5.30. The summed E-state index contributed by atoms with van der Waals surface area (Å²) in [6.45, 7) is 5.47. The van der Waals surface area contributed by atoms with Crippen molar-refractivity contribution in [3.63, 3.8) is 0 Å². The van der Waals surface area contributed by atoms with E-state index in [1.807, 2.05) is 19.1 Å². The van der Waals surface area contributed by atoms with Gasteiger partial charge in [-0.25, -0.2) is 0 Å². The van der Waals surface area contributed by atoms with E-state index in [0.29, 0.717) is 16.8 Å². The van der Waals surface area contributed by atoms with Crippen molar-refractivity contribution in [1.29, 1.82) is 0 Å². The summed E-state index contributed by atoms with van der Waals surface area (Å²) < 4.78 is 0. The highest BCUT2D eigenvalue weighted by molar-refractivity contribution is 6.09. The van der Waals surface area contributed by atoms with Gasteiger partial charge in [-0.15, -0.1) is 0 Å². The van der Waals surface area contributed by atoms with E-state index in [1.54, 1.807) is 80.6 Å². The number of para-hydroxylation sites is 1. The number of hydrogen-bond acceptors (Lipinski definition) is 4. The predicted molar refractivity (Wildman–Crippen MR) is 134 cm³/mol. The number of aryl methyl sites for hydroxylation is 1. The molecule has 0 bridgehead atoms. The Balaban J connectivity index is 1.68. The lowest BCUT2D eigenvalue weighted by Crippen LogP contribution is -2.54. The highest BCUT2D eigenvalue weighted by atomic mass is 16.2. The Morgan fingerprint density at radius 3 is 1.91 bits per heavy atom. The molecule has 0 saturated heterocycles. The zero-order chi connectivity index (χ0) is 25.4. The average molecular weight is 473 g/mol. The zero-order valence-corrected chi connectivity index (χ0v) is 19.8. The molecule has 0 fully saturated rings. The Morgan fingerprint density at radius 1 is 0.657 bits per heavy atom. The number of anilines is 1. The average Bonchev–Trinajstić information content (AvgIpc) is 2.86. The van der Waals surface area contributed by atoms with Gasteiger partial charge in [0.1, 0.15) is 6.04 Å². The van der Waals surface area contributed by atoms with Crippen LogP contribution in [-0.2, 0) is 4.79 Å². The Hall–Kier alpha value is -4.46. The topological polar surface area (TPSA) is 116 Å². The first kappa shape index (κ1) is 25.2. The number of amides is 4. The van der Waals surface area contributed by atoms with Gasteiger partial charge in [-0.05, 0) is 49.2 Å². The Morgan fingerprint density at radius 2 is 1.26 bits per heavy atom. The molecule has 8 nitrogen and oxygen atoms in total. The standard InChI is InChI=1S/C27H28N4O4/c1-17(2)23(27(35)31-30-25(33)19-9-5-4-6-10-19)29-26(34)21-11-7-8-12-22(21)28-24(32)20-15-13-18(3)14-16-20/h4-17,23H,1-3H3,(H,28,32)(H,29,34)(H,30,33)(H,31,35)/t23-/m0/s1. The molecule has 0 aliphatic rings. The quantitative estimate of drug-likeness (QED) is 0.394. The number of carbonyl (C=O) groups excluding carboxylic acids is 4. The molecular weight excluding hydrogens is 444 g/mol. The first-order chi connectivity index (χ1) is 16.8. The highest BCUT2D eigenvalue weighted by Gasteiger charge is 2.26. The van der Waals surface area contributed by atoms with Gasteiger partial charge in [-0.1, -0.05) is 61.9 Å². The van der Waals surface area contributed by atoms with E-state index in [2.05, 4.69) is 21.5 Å². The number of benzene rings is 3. The predicted octanol–water partition coefficient (Wildman–Crippen LogP) is 3.46. The number of hydrogen-bond donors (Lipinski definition) is 4. The molecule has 1 atom stereocenters. The molecule has 0 spiro atoms. The number of rotatable bonds is 7. The minimum absolute atomic E-state index is 0.208. The maximum Gasteiger partial charge on any atom is 0.269 e. The maximum atomic E-state index is 13.1. The fourth-order valence-electron chi connectivity index (χ4n) is 3.30. The van der Waals surface area contributed by atoms with E-state index in [4.69, 9.17) is 0 Å². The molecule has 3 rings (SSSR count). The van der Waals surface area contributed by atoms with Gasteiger partial charge in [0.15, 0.2) is 0 Å². The van der Waals surface area contributed by atoms with Crippen LogP contribution in [0.5, 0.6) is 0 Å². The van der Waals surface area contributed by atoms with E-state index >= 15 is 0 Å². The summed E-state index contributed by atoms with van der Waals surface area (Å²) in [5, 5.41) is 5.46. The normalized spacial score (nSPS) is 11.3. The van der Waals surface area contributed by atoms with Gasteiger partial charge in [-0.3, -0.25) is 30.0 Å². The second-order valence-electron chi connectivity index (χ2n) is 8.37. The largest absolute Gasteiger partial charge is 0.340 e. The van der Waals surface area contributed by atoms with Crippen LogP contribution in [0.25, 0.3) is 0 Å². The van der Waals surface area contributed by atoms with Gasteiger partial charge < -0.3 is 10.6 Å². The second-order valence-corrected chi connectivity index (χ2v) is 8.37. The Bertz CT molecular complexity index is 1210. The molecule has 3 aromatic rings. The maximum absolute atomic E-state index is 13.1. The minimum atomic E-state index is -0.931. The van der Waals surface area contributed by atoms with Gasteiger partial charge in [0.25, 0.3) is 23.6 Å². The first-order valence-electron chi connectivity index (χ1n) is 11.2. The molecule has 0 radical (unpaired) electrons. The van der Waals surface area contributed by atoms with Crippen LogP contribution in [-0.4, -0.2) is 29.7 Å². The lowest BCUT2D eigenvalue weighted by molar-refractivity contribution is -0.124. The van der Waals surface area contributed by atoms with Crippen molar-refractivity contribution in [2.45, 2.75) is 26.8 Å². The highest BCUT2D eigenvalue weighted by Crippen LogP contribution is 2.17. The monoisotopic (exact) mass is 472 g/mol. The van der Waals surface area contributed by atoms with Crippen LogP contribution in [0, 0.1) is 12.8 Å². The zero-order valence-electron chi connectivity index (χ0n) is 19.8. The van der Waals surface area contributed by atoms with Crippen molar-refractivity contribution in [2.75, 3.05) is 5.32 Å². The van der Waals surface area contributed by atoms with Crippen molar-refractivity contribution < 1.29 is 19.2 Å². The summed E-state index contributed by atoms with van der Waals surface area (Å²) >= 11 is 0. The summed E-state index contributed by atoms with van der Waals surface area (Å²) in [6.07, 6.45) is 0. The van der Waals surface area contributed by atoms with Crippen molar-refractivity contribution >= 4 is 29.3 Å². The first-order valence-corrected chi connectivity index (χ1v) is 11.2. The van der Waals surface area contributed by atoms with Crippen LogP contribution < -0.4 is 21.5 Å². The van der Waals surface area contributed by atoms with Crippen LogP contribution in [0.3, 0.4) is 0 Å². The molecular formula is C27H28N4O4. The van der Waals surface area contributed by atoms with Gasteiger partial charge in [0.05, 0.1) is 11.3 Å². The van der Waals surface area contributed by atoms with Gasteiger partial charge >= 0.3 is 0 Å². The number of hydrazine groups is 1. The fraction of sp³-hybridized carbons (Fsp3) is 0.185. The fourth-order valence-corrected chi connectivity index (χ4v) is 3.30. The van der Waals surface area contributed by atoms with Crippen LogP contribution in [0.1, 0.15) is 50.5 Å². The van der Waals surface area contributed by atoms with Crippen molar-refractivity contribution in [3.8, 4) is 0 Å². The summed E-state index contributed by atoms with van der Waals surface area (Å²) in [5.74, 6) is -2.21. The summed E-state index contributed by atoms with van der Waals surface area (Å²) in [6, 6.07) is 21.1. The van der Waals surface area contributed by atoms with Crippen molar-refractivity contribution in [3.05, 3.63) is 101 Å². The third kappa shape index (κ3) is 6.77. The van der Waals surface area contributed by atoms with Crippen LogP contribution in [0.15, 0.2) is 78.9 Å². The Labute approximate surface area is 204 Å². The molecule has 4 amide bonds. The smallest absolute Gasteiger partial charge is 0.269 e. The summed E-state index contributed by atoms with van der Waals surface area (Å²) in [4.78, 5) is 50.7. The number of nitrogens with one attached hydrogen (secondary N) is 4. The summed E-state index contributed by atoms with van der Waals surface area (Å²) in [5.41, 5.74) is 7.12. The molecule has 0 heterocycles. The van der Waals surface area contributed by atoms with E-state index in [0.717, 1.165) is 5.56 Å². The van der Waals surface area contributed by atoms with Crippen molar-refractivity contribution in [2.24, 2.45) is 5.92 Å². The summed E-state index contributed by atoms with van der Waals surface area (Å²) in [7, 11) is 0. The lowest BCUT2D eigenvalue weighted by atomic mass is 10.0. The molecule has 3 aromatic carbocycles. The Kier molecular flexibility index (Phi) is 8.34. The molecule has 8 heteroatoms. The van der Waals surface area contributed by atoms with Crippen LogP contribution in [0.2, 0.25) is 0 Å². The molecule has 0 aliphatic heterocycles. The van der Waals surface area contributed by atoms with Crippen LogP contribution in [0.4, 0.5) is 5.69 Å². The van der Waals surface area contributed by atoms with E-state index in [1.165, 1.54) is 0 Å². The van der Waals surface area contributed by atoms with E-state index < -0.39 is 23.8 Å². The molecule has 0 unspecified atom stereocenters. The van der Waals surface area contributed by atoms with E-state index in [-0.39, 0.29) is 17.4 Å². The molecule has 4 N–H and O–H groups in total.